The van der Waals surface area contributed by atoms with Crippen LogP contribution in [-0.2, 0) is 15.0 Å². The molecule has 2 N–H and O–H groups in total. The highest BCUT2D eigenvalue weighted by atomic mass is 16.6. The van der Waals surface area contributed by atoms with Gasteiger partial charge in [-0.2, -0.15) is 0 Å². The average Bonchev–Trinajstić information content (AvgIpc) is 2.62. The van der Waals surface area contributed by atoms with E-state index >= 15 is 0 Å². The summed E-state index contributed by atoms with van der Waals surface area (Å²) in [5.74, 6) is 1.09. The van der Waals surface area contributed by atoms with Crippen molar-refractivity contribution in [3.8, 4) is 11.5 Å². The monoisotopic (exact) mass is 354 g/mol. The zero-order valence-corrected chi connectivity index (χ0v) is 15.1. The quantitative estimate of drug-likeness (QED) is 0.883. The smallest absolute Gasteiger partial charge is 0.234 e. The van der Waals surface area contributed by atoms with Gasteiger partial charge in [0.05, 0.1) is 5.41 Å². The van der Waals surface area contributed by atoms with Crippen LogP contribution in [0.1, 0.15) is 26.3 Å². The predicted octanol–water partition coefficient (Wildman–Crippen LogP) is 3.33. The molecule has 0 radical (unpaired) electrons. The second-order valence-electron chi connectivity index (χ2n) is 6.70. The lowest BCUT2D eigenvalue weighted by molar-refractivity contribution is -0.120. The summed E-state index contributed by atoms with van der Waals surface area (Å²) in [5.41, 5.74) is 1.43. The zero-order chi connectivity index (χ0) is 18.7. The first-order valence-corrected chi connectivity index (χ1v) is 8.45. The Morgan fingerprint density at radius 3 is 2.08 bits per heavy atom. The first-order valence-electron chi connectivity index (χ1n) is 8.45. The van der Waals surface area contributed by atoms with Gasteiger partial charge in [-0.15, -0.1) is 0 Å². The minimum atomic E-state index is -0.758. The second-order valence-corrected chi connectivity index (χ2v) is 6.70. The minimum Gasteiger partial charge on any atom is -0.486 e. The molecule has 1 aliphatic rings. The highest BCUT2D eigenvalue weighted by molar-refractivity contribution is 5.99. The number of ether oxygens (including phenoxy) is 2. The molecular weight excluding hydrogens is 332 g/mol. The van der Waals surface area contributed by atoms with E-state index in [1.54, 1.807) is 24.3 Å². The molecule has 0 aromatic heterocycles. The molecule has 0 bridgehead atoms. The number of benzene rings is 2. The third-order valence-corrected chi connectivity index (χ3v) is 4.29. The van der Waals surface area contributed by atoms with Crippen LogP contribution in [0, 0.1) is 0 Å². The van der Waals surface area contributed by atoms with Gasteiger partial charge in [-0.25, -0.2) is 0 Å². The van der Waals surface area contributed by atoms with E-state index in [0.29, 0.717) is 36.1 Å². The van der Waals surface area contributed by atoms with Crippen molar-refractivity contribution in [3.05, 3.63) is 48.0 Å². The fraction of sp³-hybridized carbons (Fsp3) is 0.300. The SMILES string of the molecule is CC(=O)Nc1ccc(NC(=O)C(C)(C)c2ccc3c(c2)OCCO3)cc1. The molecule has 3 rings (SSSR count). The van der Waals surface area contributed by atoms with Crippen LogP contribution in [-0.4, -0.2) is 25.0 Å². The third-order valence-electron chi connectivity index (χ3n) is 4.29. The van der Waals surface area contributed by atoms with Crippen LogP contribution in [0.3, 0.4) is 0 Å². The highest BCUT2D eigenvalue weighted by Gasteiger charge is 2.31. The normalized spacial score (nSPS) is 13.0. The minimum absolute atomic E-state index is 0.137. The van der Waals surface area contributed by atoms with E-state index in [4.69, 9.17) is 9.47 Å². The van der Waals surface area contributed by atoms with Gasteiger partial charge in [0.2, 0.25) is 11.8 Å². The van der Waals surface area contributed by atoms with Gasteiger partial charge in [0.1, 0.15) is 13.2 Å². The standard InChI is InChI=1S/C20H22N2O4/c1-13(23)21-15-5-7-16(8-6-15)22-19(24)20(2,3)14-4-9-17-18(12-14)26-11-10-25-17/h4-9,12H,10-11H2,1-3H3,(H,21,23)(H,22,24). The van der Waals surface area contributed by atoms with Crippen LogP contribution in [0.15, 0.2) is 42.5 Å². The molecule has 26 heavy (non-hydrogen) atoms. The van der Waals surface area contributed by atoms with E-state index in [1.165, 1.54) is 6.92 Å². The summed E-state index contributed by atoms with van der Waals surface area (Å²) >= 11 is 0. The van der Waals surface area contributed by atoms with Gasteiger partial charge in [0.25, 0.3) is 0 Å². The van der Waals surface area contributed by atoms with E-state index in [1.807, 2.05) is 32.0 Å². The summed E-state index contributed by atoms with van der Waals surface area (Å²) in [6.07, 6.45) is 0. The number of nitrogens with one attached hydrogen (secondary N) is 2. The van der Waals surface area contributed by atoms with Crippen molar-refractivity contribution in [2.75, 3.05) is 23.8 Å². The Hall–Kier alpha value is -3.02. The van der Waals surface area contributed by atoms with Gasteiger partial charge in [-0.1, -0.05) is 6.07 Å². The van der Waals surface area contributed by atoms with Crippen LogP contribution in [0.25, 0.3) is 0 Å². The van der Waals surface area contributed by atoms with Crippen molar-refractivity contribution in [1.82, 2.24) is 0 Å². The Bertz CT molecular complexity index is 828. The van der Waals surface area contributed by atoms with Gasteiger partial charge in [0.15, 0.2) is 11.5 Å². The lowest BCUT2D eigenvalue weighted by Gasteiger charge is -2.26. The molecule has 2 aromatic rings. The molecule has 136 valence electrons. The number of anilines is 2. The molecule has 0 atom stereocenters. The predicted molar refractivity (Wildman–Crippen MR) is 99.8 cm³/mol. The van der Waals surface area contributed by atoms with Crippen molar-refractivity contribution < 1.29 is 19.1 Å². The Kier molecular flexibility index (Phi) is 4.84. The molecule has 0 aliphatic carbocycles. The molecule has 6 heteroatoms. The van der Waals surface area contributed by atoms with Crippen molar-refractivity contribution in [1.29, 1.82) is 0 Å². The van der Waals surface area contributed by atoms with E-state index < -0.39 is 5.41 Å². The molecule has 2 amide bonds. The Labute approximate surface area is 152 Å². The number of hydrogen-bond acceptors (Lipinski definition) is 4. The third kappa shape index (κ3) is 3.79. The first-order chi connectivity index (χ1) is 12.4. The van der Waals surface area contributed by atoms with E-state index in [2.05, 4.69) is 10.6 Å². The number of carbonyl (C=O) groups is 2. The highest BCUT2D eigenvalue weighted by Crippen LogP contribution is 2.35. The molecule has 0 saturated heterocycles. The summed E-state index contributed by atoms with van der Waals surface area (Å²) in [4.78, 5) is 23.9. The maximum absolute atomic E-state index is 12.8. The Morgan fingerprint density at radius 1 is 0.885 bits per heavy atom. The van der Waals surface area contributed by atoms with Crippen molar-refractivity contribution >= 4 is 23.2 Å². The van der Waals surface area contributed by atoms with E-state index in [0.717, 1.165) is 5.56 Å². The van der Waals surface area contributed by atoms with Crippen molar-refractivity contribution in [2.45, 2.75) is 26.2 Å². The molecule has 0 fully saturated rings. The van der Waals surface area contributed by atoms with Gasteiger partial charge in [-0.3, -0.25) is 9.59 Å². The Morgan fingerprint density at radius 2 is 1.46 bits per heavy atom. The largest absolute Gasteiger partial charge is 0.486 e. The van der Waals surface area contributed by atoms with Crippen molar-refractivity contribution in [3.63, 3.8) is 0 Å². The van der Waals surface area contributed by atoms with Crippen molar-refractivity contribution in [2.24, 2.45) is 0 Å². The number of carbonyl (C=O) groups excluding carboxylic acids is 2. The maximum Gasteiger partial charge on any atom is 0.234 e. The van der Waals surface area contributed by atoms with Gasteiger partial charge < -0.3 is 20.1 Å². The molecule has 2 aromatic carbocycles. The average molecular weight is 354 g/mol. The molecule has 1 aliphatic heterocycles. The molecule has 6 nitrogen and oxygen atoms in total. The van der Waals surface area contributed by atoms with Crippen LogP contribution in [0.2, 0.25) is 0 Å². The van der Waals surface area contributed by atoms with Gasteiger partial charge in [0, 0.05) is 18.3 Å². The lowest BCUT2D eigenvalue weighted by Crippen LogP contribution is -2.34. The molecule has 1 heterocycles. The lowest BCUT2D eigenvalue weighted by atomic mass is 9.83. The number of amides is 2. The first kappa shape index (κ1) is 17.8. The topological polar surface area (TPSA) is 76.7 Å². The second kappa shape index (κ2) is 7.07. The zero-order valence-electron chi connectivity index (χ0n) is 15.1. The van der Waals surface area contributed by atoms with Crippen LogP contribution in [0.5, 0.6) is 11.5 Å². The summed E-state index contributed by atoms with van der Waals surface area (Å²) in [6, 6.07) is 12.6. The fourth-order valence-electron chi connectivity index (χ4n) is 2.69. The number of fused-ring (bicyclic) bond motifs is 1. The van der Waals surface area contributed by atoms with E-state index in [9.17, 15) is 9.59 Å². The molecule has 0 unspecified atom stereocenters. The van der Waals surface area contributed by atoms with Crippen LogP contribution in [0.4, 0.5) is 11.4 Å². The number of hydrogen-bond donors (Lipinski definition) is 2. The Balaban J connectivity index is 1.74. The summed E-state index contributed by atoms with van der Waals surface area (Å²) < 4.78 is 11.1. The molecule has 0 saturated carbocycles. The van der Waals surface area contributed by atoms with E-state index in [-0.39, 0.29) is 11.8 Å². The summed E-state index contributed by atoms with van der Waals surface area (Å²) in [6.45, 7) is 6.21. The maximum atomic E-state index is 12.8. The van der Waals surface area contributed by atoms with Crippen LogP contribution < -0.4 is 20.1 Å². The molecular formula is C20H22N2O4. The number of rotatable bonds is 4. The summed E-state index contributed by atoms with van der Waals surface area (Å²) in [7, 11) is 0. The van der Waals surface area contributed by atoms with Crippen LogP contribution >= 0.6 is 0 Å². The van der Waals surface area contributed by atoms with Gasteiger partial charge >= 0.3 is 0 Å². The molecule has 0 spiro atoms. The fourth-order valence-corrected chi connectivity index (χ4v) is 2.69. The van der Waals surface area contributed by atoms with Gasteiger partial charge in [-0.05, 0) is 55.8 Å². The summed E-state index contributed by atoms with van der Waals surface area (Å²) in [5, 5.41) is 5.61.